The molecular formula is C10H13ClNO4P. The number of carbonyl (C=O) groups is 1. The second kappa shape index (κ2) is 6.05. The predicted octanol–water partition coefficient (Wildman–Crippen LogP) is 2.56. The van der Waals surface area contributed by atoms with Crippen molar-refractivity contribution in [1.82, 2.24) is 5.32 Å². The Labute approximate surface area is 104 Å². The third kappa shape index (κ3) is 4.77. The monoisotopic (exact) mass is 277 g/mol. The molecule has 5 nitrogen and oxygen atoms in total. The van der Waals surface area contributed by atoms with Crippen molar-refractivity contribution in [1.29, 1.82) is 0 Å². The first kappa shape index (κ1) is 14.0. The summed E-state index contributed by atoms with van der Waals surface area (Å²) in [6.07, 6.45) is 0. The average molecular weight is 278 g/mol. The molecule has 17 heavy (non-hydrogen) atoms. The molecule has 0 amide bonds. The fraction of sp³-hybridized carbons (Fsp3) is 0.300. The first-order chi connectivity index (χ1) is 7.94. The van der Waals surface area contributed by atoms with E-state index in [0.717, 1.165) is 0 Å². The van der Waals surface area contributed by atoms with Crippen molar-refractivity contribution in [3.05, 3.63) is 30.3 Å². The summed E-state index contributed by atoms with van der Waals surface area (Å²) in [5.74, 6) is -0.461. The maximum absolute atomic E-state index is 11.7. The molecule has 7 heteroatoms. The van der Waals surface area contributed by atoms with Gasteiger partial charge >= 0.3 is 12.9 Å². The first-order valence-electron chi connectivity index (χ1n) is 4.89. The standard InChI is InChI=1S/C10H13ClNO4P/c1-8(12-2)10(13)16-17(11,14)15-9-6-4-3-5-7-9/h3-8,12H,1-2H3/t8-,17?/m0/s1. The quantitative estimate of drug-likeness (QED) is 0.838. The molecule has 1 N–H and O–H groups in total. The zero-order chi connectivity index (χ0) is 12.9. The molecule has 0 aliphatic carbocycles. The number of hydrogen-bond acceptors (Lipinski definition) is 5. The van der Waals surface area contributed by atoms with Gasteiger partial charge in [-0.3, -0.25) is 0 Å². The molecule has 0 aromatic heterocycles. The summed E-state index contributed by atoms with van der Waals surface area (Å²) in [4.78, 5) is 11.4. The number of nitrogens with one attached hydrogen (secondary N) is 1. The Morgan fingerprint density at radius 2 is 2.00 bits per heavy atom. The molecule has 0 bridgehead atoms. The Morgan fingerprint density at radius 1 is 1.41 bits per heavy atom. The highest BCUT2D eigenvalue weighted by molar-refractivity contribution is 7.82. The lowest BCUT2D eigenvalue weighted by Gasteiger charge is -2.14. The normalized spacial score (nSPS) is 15.7. The summed E-state index contributed by atoms with van der Waals surface area (Å²) in [7, 11) is 1.57. The summed E-state index contributed by atoms with van der Waals surface area (Å²) < 4.78 is 21.2. The Kier molecular flexibility index (Phi) is 5.00. The highest BCUT2D eigenvalue weighted by atomic mass is 35.7. The number of rotatable bonds is 5. The van der Waals surface area contributed by atoms with Crippen LogP contribution in [0.1, 0.15) is 6.92 Å². The third-order valence-electron chi connectivity index (χ3n) is 1.94. The van der Waals surface area contributed by atoms with Gasteiger partial charge in [-0.15, -0.1) is 0 Å². The lowest BCUT2D eigenvalue weighted by atomic mass is 10.3. The molecule has 1 rings (SSSR count). The summed E-state index contributed by atoms with van der Waals surface area (Å²) >= 11 is 5.53. The molecule has 0 saturated carbocycles. The van der Waals surface area contributed by atoms with Crippen LogP contribution in [0.3, 0.4) is 0 Å². The molecule has 0 aliphatic rings. The Hall–Kier alpha value is -1.03. The highest BCUT2D eigenvalue weighted by Gasteiger charge is 2.29. The molecule has 0 heterocycles. The topological polar surface area (TPSA) is 64.6 Å². The van der Waals surface area contributed by atoms with E-state index in [1.54, 1.807) is 44.3 Å². The number of hydrogen-bond donors (Lipinski definition) is 1. The van der Waals surface area contributed by atoms with Crippen molar-refractivity contribution < 1.29 is 18.4 Å². The average Bonchev–Trinajstić information content (AvgIpc) is 2.27. The van der Waals surface area contributed by atoms with Crippen LogP contribution in [-0.2, 0) is 13.9 Å². The van der Waals surface area contributed by atoms with Crippen molar-refractivity contribution in [2.75, 3.05) is 7.05 Å². The molecule has 2 atom stereocenters. The molecule has 0 radical (unpaired) electrons. The Bertz CT molecular complexity index is 426. The van der Waals surface area contributed by atoms with Gasteiger partial charge in [0.15, 0.2) is 0 Å². The molecule has 0 aliphatic heterocycles. The smallest absolute Gasteiger partial charge is 0.405 e. The van der Waals surface area contributed by atoms with Crippen LogP contribution in [-0.4, -0.2) is 19.1 Å². The molecule has 0 saturated heterocycles. The minimum absolute atomic E-state index is 0.274. The van der Waals surface area contributed by atoms with Gasteiger partial charge < -0.3 is 14.4 Å². The van der Waals surface area contributed by atoms with Gasteiger partial charge in [-0.25, -0.2) is 9.36 Å². The number of likely N-dealkylation sites (N-methyl/N-ethyl adjacent to an activating group) is 1. The van der Waals surface area contributed by atoms with Crippen LogP contribution in [0.15, 0.2) is 30.3 Å². The summed E-state index contributed by atoms with van der Waals surface area (Å²) in [5, 5.41) is 2.64. The van der Waals surface area contributed by atoms with E-state index in [1.165, 1.54) is 0 Å². The van der Waals surface area contributed by atoms with Crippen molar-refractivity contribution in [3.8, 4) is 5.75 Å². The maximum Gasteiger partial charge on any atom is 0.532 e. The van der Waals surface area contributed by atoms with Gasteiger partial charge in [-0.1, -0.05) is 18.2 Å². The van der Waals surface area contributed by atoms with Crippen LogP contribution in [0, 0.1) is 0 Å². The largest absolute Gasteiger partial charge is 0.532 e. The van der Waals surface area contributed by atoms with Gasteiger partial charge in [-0.05, 0) is 26.1 Å². The van der Waals surface area contributed by atoms with Gasteiger partial charge in [0, 0.05) is 11.2 Å². The molecule has 1 unspecified atom stereocenters. The van der Waals surface area contributed by atoms with Gasteiger partial charge in [0.05, 0.1) is 0 Å². The van der Waals surface area contributed by atoms with Crippen molar-refractivity contribution in [2.45, 2.75) is 13.0 Å². The van der Waals surface area contributed by atoms with Crippen LogP contribution in [0.25, 0.3) is 0 Å². The fourth-order valence-electron chi connectivity index (χ4n) is 0.930. The van der Waals surface area contributed by atoms with E-state index in [1.807, 2.05) is 0 Å². The minimum atomic E-state index is -3.95. The molecule has 1 aromatic carbocycles. The lowest BCUT2D eigenvalue weighted by molar-refractivity contribution is -0.136. The van der Waals surface area contributed by atoms with Crippen LogP contribution < -0.4 is 9.84 Å². The van der Waals surface area contributed by atoms with E-state index < -0.39 is 19.0 Å². The zero-order valence-electron chi connectivity index (χ0n) is 9.42. The molecular weight excluding hydrogens is 265 g/mol. The number of para-hydroxylation sites is 1. The predicted molar refractivity (Wildman–Crippen MR) is 65.1 cm³/mol. The van der Waals surface area contributed by atoms with Gasteiger partial charge in [0.2, 0.25) is 0 Å². The van der Waals surface area contributed by atoms with Crippen molar-refractivity contribution >= 4 is 24.2 Å². The zero-order valence-corrected chi connectivity index (χ0v) is 11.1. The summed E-state index contributed by atoms with van der Waals surface area (Å²) in [6, 6.07) is 7.64. The van der Waals surface area contributed by atoms with Crippen LogP contribution in [0.5, 0.6) is 5.75 Å². The minimum Gasteiger partial charge on any atom is -0.405 e. The number of benzene rings is 1. The summed E-state index contributed by atoms with van der Waals surface area (Å²) in [6.45, 7) is -2.40. The van der Waals surface area contributed by atoms with Crippen LogP contribution >= 0.6 is 18.2 Å². The van der Waals surface area contributed by atoms with Gasteiger partial charge in [0.25, 0.3) is 0 Å². The highest BCUT2D eigenvalue weighted by Crippen LogP contribution is 2.53. The number of carbonyl (C=O) groups excluding carboxylic acids is 1. The molecule has 94 valence electrons. The molecule has 0 fully saturated rings. The van der Waals surface area contributed by atoms with Crippen LogP contribution in [0.4, 0.5) is 0 Å². The lowest BCUT2D eigenvalue weighted by Crippen LogP contribution is -2.31. The van der Waals surface area contributed by atoms with Gasteiger partial charge in [-0.2, -0.15) is 0 Å². The number of halogens is 1. The van der Waals surface area contributed by atoms with E-state index in [2.05, 4.69) is 9.84 Å². The van der Waals surface area contributed by atoms with Crippen molar-refractivity contribution in [2.24, 2.45) is 0 Å². The second-order valence-corrected chi connectivity index (χ2v) is 5.72. The molecule has 1 aromatic rings. The van der Waals surface area contributed by atoms with E-state index in [9.17, 15) is 9.36 Å². The van der Waals surface area contributed by atoms with E-state index >= 15 is 0 Å². The Morgan fingerprint density at radius 3 is 2.53 bits per heavy atom. The first-order valence-corrected chi connectivity index (χ1v) is 7.34. The van der Waals surface area contributed by atoms with Crippen LogP contribution in [0.2, 0.25) is 0 Å². The van der Waals surface area contributed by atoms with E-state index in [-0.39, 0.29) is 5.75 Å². The second-order valence-electron chi connectivity index (χ2n) is 3.26. The van der Waals surface area contributed by atoms with E-state index in [0.29, 0.717) is 0 Å². The van der Waals surface area contributed by atoms with Crippen molar-refractivity contribution in [3.63, 3.8) is 0 Å². The summed E-state index contributed by atoms with van der Waals surface area (Å²) in [5.41, 5.74) is 0. The van der Waals surface area contributed by atoms with Gasteiger partial charge in [0.1, 0.15) is 11.8 Å². The SMILES string of the molecule is CN[C@@H](C)C(=O)OP(=O)(Cl)Oc1ccccc1. The van der Waals surface area contributed by atoms with E-state index in [4.69, 9.17) is 15.8 Å². The Balaban J connectivity index is 2.64. The fourth-order valence-corrected chi connectivity index (χ4v) is 2.16. The maximum atomic E-state index is 11.7. The third-order valence-corrected chi connectivity index (χ3v) is 3.18. The molecule has 0 spiro atoms.